The second-order valence-corrected chi connectivity index (χ2v) is 5.60. The minimum absolute atomic E-state index is 0.0187. The van der Waals surface area contributed by atoms with Crippen molar-refractivity contribution in [2.45, 2.75) is 70.9 Å². The predicted molar refractivity (Wildman–Crippen MR) is 65.2 cm³/mol. The van der Waals surface area contributed by atoms with Gasteiger partial charge in [0.2, 0.25) is 0 Å². The molecule has 0 radical (unpaired) electrons. The molecule has 2 heteroatoms. The summed E-state index contributed by atoms with van der Waals surface area (Å²) in [7, 11) is 0. The van der Waals surface area contributed by atoms with Crippen LogP contribution in [0.1, 0.15) is 59.3 Å². The fourth-order valence-corrected chi connectivity index (χ4v) is 2.06. The molecule has 1 rings (SSSR count). The summed E-state index contributed by atoms with van der Waals surface area (Å²) in [5, 5.41) is 3.63. The van der Waals surface area contributed by atoms with Gasteiger partial charge in [0.1, 0.15) is 0 Å². The molecule has 90 valence electrons. The normalized spacial score (nSPS) is 19.4. The van der Waals surface area contributed by atoms with E-state index in [2.05, 4.69) is 26.1 Å². The molecule has 0 aromatic carbocycles. The topological polar surface area (TPSA) is 21.3 Å². The Morgan fingerprint density at radius 2 is 1.80 bits per heavy atom. The van der Waals surface area contributed by atoms with Gasteiger partial charge in [-0.2, -0.15) is 0 Å². The molecule has 1 aliphatic rings. The van der Waals surface area contributed by atoms with Crippen LogP contribution in [0.4, 0.5) is 0 Å². The lowest BCUT2D eigenvalue weighted by atomic mass is 9.95. The molecule has 0 amide bonds. The van der Waals surface area contributed by atoms with E-state index in [1.54, 1.807) is 0 Å². The number of hydrogen-bond acceptors (Lipinski definition) is 2. The van der Waals surface area contributed by atoms with Crippen LogP contribution in [0.3, 0.4) is 0 Å². The molecule has 0 spiro atoms. The first-order valence-electron chi connectivity index (χ1n) is 6.45. The van der Waals surface area contributed by atoms with Crippen LogP contribution in [-0.4, -0.2) is 24.8 Å². The molecule has 0 bridgehead atoms. The average molecular weight is 213 g/mol. The molecule has 1 aliphatic carbocycles. The third-order valence-corrected chi connectivity index (χ3v) is 2.89. The van der Waals surface area contributed by atoms with Crippen molar-refractivity contribution in [1.29, 1.82) is 0 Å². The summed E-state index contributed by atoms with van der Waals surface area (Å²) in [5.41, 5.74) is 0.0187. The third-order valence-electron chi connectivity index (χ3n) is 2.89. The van der Waals surface area contributed by atoms with Crippen LogP contribution in [0.2, 0.25) is 0 Å². The predicted octanol–water partition coefficient (Wildman–Crippen LogP) is 3.11. The summed E-state index contributed by atoms with van der Waals surface area (Å²) in [6.45, 7) is 8.33. The SMILES string of the molecule is CC(C)(C)OCCCNC1CCCCC1. The van der Waals surface area contributed by atoms with E-state index in [1.165, 1.54) is 32.1 Å². The van der Waals surface area contributed by atoms with Crippen molar-refractivity contribution in [1.82, 2.24) is 5.32 Å². The standard InChI is InChI=1S/C13H27NO/c1-13(2,3)15-11-7-10-14-12-8-5-4-6-9-12/h12,14H,4-11H2,1-3H3. The van der Waals surface area contributed by atoms with Crippen molar-refractivity contribution in [2.75, 3.05) is 13.2 Å². The van der Waals surface area contributed by atoms with Gasteiger partial charge >= 0.3 is 0 Å². The van der Waals surface area contributed by atoms with Crippen LogP contribution in [0, 0.1) is 0 Å². The maximum Gasteiger partial charge on any atom is 0.0598 e. The molecule has 0 saturated heterocycles. The quantitative estimate of drug-likeness (QED) is 0.709. The molecule has 0 atom stereocenters. The van der Waals surface area contributed by atoms with Crippen LogP contribution in [0.15, 0.2) is 0 Å². The summed E-state index contributed by atoms with van der Waals surface area (Å²) in [4.78, 5) is 0. The molecule has 0 aliphatic heterocycles. The first-order chi connectivity index (χ1) is 7.08. The van der Waals surface area contributed by atoms with E-state index in [4.69, 9.17) is 4.74 Å². The van der Waals surface area contributed by atoms with Crippen LogP contribution in [-0.2, 0) is 4.74 Å². The zero-order valence-corrected chi connectivity index (χ0v) is 10.6. The van der Waals surface area contributed by atoms with E-state index in [-0.39, 0.29) is 5.60 Å². The van der Waals surface area contributed by atoms with Crippen molar-refractivity contribution < 1.29 is 4.74 Å². The summed E-state index contributed by atoms with van der Waals surface area (Å²) in [6.07, 6.45) is 8.14. The second kappa shape index (κ2) is 6.49. The molecule has 0 heterocycles. The molecular formula is C13H27NO. The Labute approximate surface area is 94.8 Å². The Morgan fingerprint density at radius 3 is 2.40 bits per heavy atom. The first kappa shape index (κ1) is 13.0. The number of ether oxygens (including phenoxy) is 1. The molecule has 1 saturated carbocycles. The number of hydrogen-bond donors (Lipinski definition) is 1. The Balaban J connectivity index is 1.92. The maximum absolute atomic E-state index is 5.68. The van der Waals surface area contributed by atoms with E-state index >= 15 is 0 Å². The van der Waals surface area contributed by atoms with Crippen molar-refractivity contribution >= 4 is 0 Å². The first-order valence-corrected chi connectivity index (χ1v) is 6.45. The molecule has 0 unspecified atom stereocenters. The van der Waals surface area contributed by atoms with Gasteiger partial charge in [-0.25, -0.2) is 0 Å². The molecule has 0 aromatic heterocycles. The Kier molecular flexibility index (Phi) is 5.62. The lowest BCUT2D eigenvalue weighted by molar-refractivity contribution is -0.00403. The largest absolute Gasteiger partial charge is 0.376 e. The van der Waals surface area contributed by atoms with Crippen molar-refractivity contribution in [3.05, 3.63) is 0 Å². The van der Waals surface area contributed by atoms with Crippen molar-refractivity contribution in [2.24, 2.45) is 0 Å². The van der Waals surface area contributed by atoms with Gasteiger partial charge in [-0.15, -0.1) is 0 Å². The lowest BCUT2D eigenvalue weighted by Gasteiger charge is -2.23. The highest BCUT2D eigenvalue weighted by Crippen LogP contribution is 2.17. The van der Waals surface area contributed by atoms with E-state index in [1.807, 2.05) is 0 Å². The van der Waals surface area contributed by atoms with Crippen LogP contribution in [0.5, 0.6) is 0 Å². The molecule has 1 fully saturated rings. The fraction of sp³-hybridized carbons (Fsp3) is 1.00. The summed E-state index contributed by atoms with van der Waals surface area (Å²) >= 11 is 0. The Hall–Kier alpha value is -0.0800. The molecular weight excluding hydrogens is 186 g/mol. The zero-order valence-electron chi connectivity index (χ0n) is 10.6. The fourth-order valence-electron chi connectivity index (χ4n) is 2.06. The van der Waals surface area contributed by atoms with Gasteiger partial charge in [-0.1, -0.05) is 19.3 Å². The Bertz CT molecular complexity index is 156. The molecule has 15 heavy (non-hydrogen) atoms. The molecule has 0 aromatic rings. The highest BCUT2D eigenvalue weighted by molar-refractivity contribution is 4.71. The van der Waals surface area contributed by atoms with Crippen molar-refractivity contribution in [3.63, 3.8) is 0 Å². The van der Waals surface area contributed by atoms with Crippen LogP contribution in [0.25, 0.3) is 0 Å². The van der Waals surface area contributed by atoms with Crippen LogP contribution >= 0.6 is 0 Å². The van der Waals surface area contributed by atoms with E-state index in [9.17, 15) is 0 Å². The van der Waals surface area contributed by atoms with Gasteiger partial charge in [0.15, 0.2) is 0 Å². The lowest BCUT2D eigenvalue weighted by Crippen LogP contribution is -2.32. The van der Waals surface area contributed by atoms with E-state index < -0.39 is 0 Å². The van der Waals surface area contributed by atoms with Crippen LogP contribution < -0.4 is 5.32 Å². The summed E-state index contributed by atoms with van der Waals surface area (Å²) in [6, 6.07) is 0.786. The highest BCUT2D eigenvalue weighted by atomic mass is 16.5. The molecule has 2 nitrogen and oxygen atoms in total. The third kappa shape index (κ3) is 6.91. The average Bonchev–Trinajstić information content (AvgIpc) is 2.17. The number of rotatable bonds is 5. The molecule has 1 N–H and O–H groups in total. The van der Waals surface area contributed by atoms with Gasteiger partial charge in [-0.3, -0.25) is 0 Å². The van der Waals surface area contributed by atoms with Gasteiger partial charge < -0.3 is 10.1 Å². The second-order valence-electron chi connectivity index (χ2n) is 5.60. The van der Waals surface area contributed by atoms with E-state index in [0.717, 1.165) is 25.6 Å². The van der Waals surface area contributed by atoms with Crippen molar-refractivity contribution in [3.8, 4) is 0 Å². The minimum atomic E-state index is 0.0187. The van der Waals surface area contributed by atoms with Gasteiger partial charge in [0.05, 0.1) is 5.60 Å². The minimum Gasteiger partial charge on any atom is -0.376 e. The van der Waals surface area contributed by atoms with Gasteiger partial charge in [0, 0.05) is 12.6 Å². The summed E-state index contributed by atoms with van der Waals surface area (Å²) in [5.74, 6) is 0. The van der Waals surface area contributed by atoms with Gasteiger partial charge in [-0.05, 0) is 46.6 Å². The Morgan fingerprint density at radius 1 is 1.13 bits per heavy atom. The number of nitrogens with one attached hydrogen (secondary N) is 1. The van der Waals surface area contributed by atoms with Gasteiger partial charge in [0.25, 0.3) is 0 Å². The maximum atomic E-state index is 5.68. The zero-order chi connectivity index (χ0) is 11.1. The smallest absolute Gasteiger partial charge is 0.0598 e. The van der Waals surface area contributed by atoms with E-state index in [0.29, 0.717) is 0 Å². The monoisotopic (exact) mass is 213 g/mol. The highest BCUT2D eigenvalue weighted by Gasteiger charge is 2.12. The summed E-state index contributed by atoms with van der Waals surface area (Å²) < 4.78 is 5.68.